The van der Waals surface area contributed by atoms with E-state index >= 15 is 0 Å². The SMILES string of the molecule is CCN=C(NC1CC1c1ccccc1F)N1CCN(C(C)C(=O)N2CCCC2)CC1. The van der Waals surface area contributed by atoms with Crippen molar-refractivity contribution in [1.29, 1.82) is 0 Å². The van der Waals surface area contributed by atoms with E-state index in [1.54, 1.807) is 6.07 Å². The first-order chi connectivity index (χ1) is 14.6. The fourth-order valence-corrected chi connectivity index (χ4v) is 4.71. The van der Waals surface area contributed by atoms with Crippen LogP contribution in [0.25, 0.3) is 0 Å². The minimum atomic E-state index is -0.119. The first kappa shape index (κ1) is 21.1. The Morgan fingerprint density at radius 1 is 1.13 bits per heavy atom. The largest absolute Gasteiger partial charge is 0.353 e. The number of benzene rings is 1. The molecule has 6 nitrogen and oxygen atoms in total. The van der Waals surface area contributed by atoms with Gasteiger partial charge in [-0.2, -0.15) is 0 Å². The van der Waals surface area contributed by atoms with E-state index in [9.17, 15) is 9.18 Å². The van der Waals surface area contributed by atoms with E-state index in [2.05, 4.69) is 15.1 Å². The average Bonchev–Trinajstić information content (AvgIpc) is 3.30. The van der Waals surface area contributed by atoms with Crippen LogP contribution >= 0.6 is 0 Å². The van der Waals surface area contributed by atoms with Gasteiger partial charge in [0.2, 0.25) is 5.91 Å². The fourth-order valence-electron chi connectivity index (χ4n) is 4.71. The lowest BCUT2D eigenvalue weighted by Crippen LogP contribution is -2.57. The summed E-state index contributed by atoms with van der Waals surface area (Å²) in [5.41, 5.74) is 0.796. The molecule has 2 saturated heterocycles. The third-order valence-electron chi connectivity index (χ3n) is 6.65. The summed E-state index contributed by atoms with van der Waals surface area (Å²) < 4.78 is 14.1. The van der Waals surface area contributed by atoms with Crippen LogP contribution in [0.4, 0.5) is 4.39 Å². The number of piperazine rings is 1. The monoisotopic (exact) mass is 415 g/mol. The van der Waals surface area contributed by atoms with Gasteiger partial charge >= 0.3 is 0 Å². The summed E-state index contributed by atoms with van der Waals surface area (Å²) in [4.78, 5) is 24.0. The topological polar surface area (TPSA) is 51.2 Å². The Balaban J connectivity index is 1.30. The second-order valence-corrected chi connectivity index (χ2v) is 8.64. The molecule has 3 unspecified atom stereocenters. The number of halogens is 1. The number of amides is 1. The van der Waals surface area contributed by atoms with Crippen molar-refractivity contribution >= 4 is 11.9 Å². The Morgan fingerprint density at radius 3 is 2.50 bits per heavy atom. The van der Waals surface area contributed by atoms with E-state index in [4.69, 9.17) is 4.99 Å². The molecule has 3 aliphatic rings. The molecule has 2 heterocycles. The van der Waals surface area contributed by atoms with Gasteiger partial charge in [-0.3, -0.25) is 14.7 Å². The molecular formula is C23H34FN5O. The summed E-state index contributed by atoms with van der Waals surface area (Å²) in [5, 5.41) is 3.56. The molecule has 164 valence electrons. The molecular weight excluding hydrogens is 381 g/mol. The van der Waals surface area contributed by atoms with Crippen molar-refractivity contribution in [3.05, 3.63) is 35.6 Å². The highest BCUT2D eigenvalue weighted by Crippen LogP contribution is 2.41. The lowest BCUT2D eigenvalue weighted by atomic mass is 10.1. The van der Waals surface area contributed by atoms with E-state index < -0.39 is 0 Å². The third kappa shape index (κ3) is 4.61. The van der Waals surface area contributed by atoms with Gasteiger partial charge in [-0.15, -0.1) is 0 Å². The Hall–Kier alpha value is -2.15. The van der Waals surface area contributed by atoms with Crippen LogP contribution < -0.4 is 5.32 Å². The number of aliphatic imine (C=N–C) groups is 1. The molecule has 1 aromatic rings. The molecule has 1 saturated carbocycles. The van der Waals surface area contributed by atoms with E-state index in [1.807, 2.05) is 30.9 Å². The van der Waals surface area contributed by atoms with Gasteiger partial charge in [-0.1, -0.05) is 18.2 Å². The smallest absolute Gasteiger partial charge is 0.239 e. The van der Waals surface area contributed by atoms with Gasteiger partial charge in [0.25, 0.3) is 0 Å². The third-order valence-corrected chi connectivity index (χ3v) is 6.65. The summed E-state index contributed by atoms with van der Waals surface area (Å²) >= 11 is 0. The van der Waals surface area contributed by atoms with E-state index in [-0.39, 0.29) is 29.7 Å². The maximum absolute atomic E-state index is 14.1. The minimum Gasteiger partial charge on any atom is -0.353 e. The highest BCUT2D eigenvalue weighted by molar-refractivity contribution is 5.82. The standard InChI is InChI=1S/C23H34FN5O/c1-3-25-23(26-21-16-19(21)18-8-4-5-9-20(18)24)29-14-12-27(13-15-29)17(2)22(30)28-10-6-7-11-28/h4-5,8-9,17,19,21H,3,6-7,10-16H2,1-2H3,(H,25,26). The Labute approximate surface area is 179 Å². The lowest BCUT2D eigenvalue weighted by molar-refractivity contribution is -0.135. The minimum absolute atomic E-state index is 0.0568. The highest BCUT2D eigenvalue weighted by atomic mass is 19.1. The van der Waals surface area contributed by atoms with E-state index in [0.717, 1.165) is 70.1 Å². The second kappa shape index (κ2) is 9.33. The van der Waals surface area contributed by atoms with Gasteiger partial charge in [0.1, 0.15) is 5.82 Å². The number of guanidine groups is 1. The van der Waals surface area contributed by atoms with Gasteiger partial charge in [-0.25, -0.2) is 4.39 Å². The Bertz CT molecular complexity index is 771. The van der Waals surface area contributed by atoms with Crippen LogP contribution in [0.15, 0.2) is 29.3 Å². The number of hydrogen-bond acceptors (Lipinski definition) is 3. The lowest BCUT2D eigenvalue weighted by Gasteiger charge is -2.39. The number of nitrogens with one attached hydrogen (secondary N) is 1. The molecule has 3 fully saturated rings. The van der Waals surface area contributed by atoms with Crippen molar-refractivity contribution in [3.63, 3.8) is 0 Å². The predicted octanol–water partition coefficient (Wildman–Crippen LogP) is 2.28. The van der Waals surface area contributed by atoms with Crippen LogP contribution in [0.1, 0.15) is 44.6 Å². The molecule has 4 rings (SSSR count). The maximum Gasteiger partial charge on any atom is 0.239 e. The van der Waals surface area contributed by atoms with Crippen molar-refractivity contribution in [2.45, 2.75) is 51.1 Å². The molecule has 1 aliphatic carbocycles. The average molecular weight is 416 g/mol. The fraction of sp³-hybridized carbons (Fsp3) is 0.652. The molecule has 1 amide bonds. The normalized spacial score (nSPS) is 26.0. The van der Waals surface area contributed by atoms with Gasteiger partial charge in [0, 0.05) is 57.8 Å². The molecule has 0 bridgehead atoms. The maximum atomic E-state index is 14.1. The molecule has 7 heteroatoms. The van der Waals surface area contributed by atoms with Crippen molar-refractivity contribution < 1.29 is 9.18 Å². The summed E-state index contributed by atoms with van der Waals surface area (Å²) in [6.07, 6.45) is 3.19. The van der Waals surface area contributed by atoms with Crippen LogP contribution in [-0.4, -0.2) is 84.5 Å². The van der Waals surface area contributed by atoms with Crippen molar-refractivity contribution in [3.8, 4) is 0 Å². The Morgan fingerprint density at radius 2 is 1.83 bits per heavy atom. The summed E-state index contributed by atoms with van der Waals surface area (Å²) in [6, 6.07) is 7.24. The van der Waals surface area contributed by atoms with Crippen molar-refractivity contribution in [1.82, 2.24) is 20.0 Å². The zero-order chi connectivity index (χ0) is 21.1. The number of likely N-dealkylation sites (tertiary alicyclic amines) is 1. The second-order valence-electron chi connectivity index (χ2n) is 8.64. The molecule has 1 aromatic carbocycles. The van der Waals surface area contributed by atoms with E-state index in [0.29, 0.717) is 6.54 Å². The first-order valence-corrected chi connectivity index (χ1v) is 11.4. The number of carbonyl (C=O) groups is 1. The number of nitrogens with zero attached hydrogens (tertiary/aromatic N) is 4. The van der Waals surface area contributed by atoms with Crippen LogP contribution in [0.3, 0.4) is 0 Å². The zero-order valence-corrected chi connectivity index (χ0v) is 18.2. The summed E-state index contributed by atoms with van der Waals surface area (Å²) in [7, 11) is 0. The van der Waals surface area contributed by atoms with Crippen LogP contribution in [0.5, 0.6) is 0 Å². The van der Waals surface area contributed by atoms with Gasteiger partial charge in [-0.05, 0) is 44.7 Å². The number of carbonyl (C=O) groups excluding carboxylic acids is 1. The Kier molecular flexibility index (Phi) is 6.56. The molecule has 0 aromatic heterocycles. The van der Waals surface area contributed by atoms with Crippen LogP contribution in [0.2, 0.25) is 0 Å². The number of rotatable bonds is 5. The van der Waals surface area contributed by atoms with Crippen molar-refractivity contribution in [2.24, 2.45) is 4.99 Å². The van der Waals surface area contributed by atoms with Gasteiger partial charge in [0.05, 0.1) is 6.04 Å². The summed E-state index contributed by atoms with van der Waals surface area (Å²) in [5.74, 6) is 1.28. The highest BCUT2D eigenvalue weighted by Gasteiger charge is 2.41. The van der Waals surface area contributed by atoms with Gasteiger partial charge in [0.15, 0.2) is 5.96 Å². The predicted molar refractivity (Wildman–Crippen MR) is 117 cm³/mol. The molecule has 3 atom stereocenters. The van der Waals surface area contributed by atoms with Crippen LogP contribution in [0, 0.1) is 5.82 Å². The van der Waals surface area contributed by atoms with Crippen molar-refractivity contribution in [2.75, 3.05) is 45.8 Å². The van der Waals surface area contributed by atoms with Gasteiger partial charge < -0.3 is 15.1 Å². The number of hydrogen-bond donors (Lipinski definition) is 1. The summed E-state index contributed by atoms with van der Waals surface area (Å²) in [6.45, 7) is 10.0. The molecule has 2 aliphatic heterocycles. The van der Waals surface area contributed by atoms with Crippen LogP contribution in [-0.2, 0) is 4.79 Å². The molecule has 30 heavy (non-hydrogen) atoms. The molecule has 0 spiro atoms. The molecule has 1 N–H and O–H groups in total. The first-order valence-electron chi connectivity index (χ1n) is 11.4. The zero-order valence-electron chi connectivity index (χ0n) is 18.2. The quantitative estimate of drug-likeness (QED) is 0.592. The van der Waals surface area contributed by atoms with E-state index in [1.165, 1.54) is 6.07 Å². The molecule has 0 radical (unpaired) electrons.